The zero-order chi connectivity index (χ0) is 14.0. The van der Waals surface area contributed by atoms with Crippen LogP contribution >= 0.6 is 0 Å². The summed E-state index contributed by atoms with van der Waals surface area (Å²) in [5.41, 5.74) is 1.41. The van der Waals surface area contributed by atoms with E-state index < -0.39 is 10.8 Å². The number of carbonyl (C=O) groups is 1. The van der Waals surface area contributed by atoms with Gasteiger partial charge in [0, 0.05) is 30.6 Å². The van der Waals surface area contributed by atoms with Crippen molar-refractivity contribution in [2.75, 3.05) is 5.32 Å². The van der Waals surface area contributed by atoms with Crippen molar-refractivity contribution >= 4 is 17.3 Å². The van der Waals surface area contributed by atoms with Gasteiger partial charge in [0.15, 0.2) is 5.69 Å². The number of nitro groups is 1. The van der Waals surface area contributed by atoms with Crippen LogP contribution in [0.4, 0.5) is 11.4 Å². The Balaban J connectivity index is 2.19. The van der Waals surface area contributed by atoms with Crippen molar-refractivity contribution in [2.24, 2.45) is 7.05 Å². The smallest absolute Gasteiger partial charge is 0.276 e. The molecule has 0 radical (unpaired) electrons. The number of nitro benzene ring substituents is 1. The maximum absolute atomic E-state index is 11.9. The second-order valence-corrected chi connectivity index (χ2v) is 4.06. The van der Waals surface area contributed by atoms with E-state index in [1.165, 1.54) is 18.2 Å². The molecule has 0 atom stereocenters. The van der Waals surface area contributed by atoms with Gasteiger partial charge in [-0.25, -0.2) is 0 Å². The predicted molar refractivity (Wildman–Crippen MR) is 69.0 cm³/mol. The molecule has 19 heavy (non-hydrogen) atoms. The molecule has 1 aromatic heterocycles. The summed E-state index contributed by atoms with van der Waals surface area (Å²) >= 11 is 0. The van der Waals surface area contributed by atoms with E-state index in [-0.39, 0.29) is 11.4 Å². The molecule has 0 aliphatic heterocycles. The van der Waals surface area contributed by atoms with E-state index in [1.807, 2.05) is 6.92 Å². The van der Waals surface area contributed by atoms with Crippen LogP contribution in [0.1, 0.15) is 16.2 Å². The molecule has 1 amide bonds. The van der Waals surface area contributed by atoms with Crippen LogP contribution in [0.25, 0.3) is 0 Å². The molecule has 0 spiro atoms. The number of anilines is 1. The third-order valence-electron chi connectivity index (χ3n) is 2.66. The zero-order valence-electron chi connectivity index (χ0n) is 10.5. The number of nitrogens with zero attached hydrogens (tertiary/aromatic N) is 3. The van der Waals surface area contributed by atoms with Crippen molar-refractivity contribution in [1.82, 2.24) is 9.78 Å². The summed E-state index contributed by atoms with van der Waals surface area (Å²) in [6.07, 6.45) is 0. The number of nitrogens with one attached hydrogen (secondary N) is 1. The number of aromatic nitrogens is 2. The van der Waals surface area contributed by atoms with E-state index in [0.717, 1.165) is 5.69 Å². The van der Waals surface area contributed by atoms with E-state index in [0.29, 0.717) is 5.69 Å². The Morgan fingerprint density at radius 2 is 2.16 bits per heavy atom. The number of hydrogen-bond donors (Lipinski definition) is 1. The number of aryl methyl sites for hydroxylation is 2. The Morgan fingerprint density at radius 1 is 1.42 bits per heavy atom. The van der Waals surface area contributed by atoms with Crippen LogP contribution in [0, 0.1) is 17.0 Å². The fourth-order valence-electron chi connectivity index (χ4n) is 1.56. The Kier molecular flexibility index (Phi) is 3.28. The first-order chi connectivity index (χ1) is 8.97. The number of amides is 1. The van der Waals surface area contributed by atoms with Gasteiger partial charge in [-0.2, -0.15) is 5.10 Å². The van der Waals surface area contributed by atoms with E-state index in [2.05, 4.69) is 10.4 Å². The highest BCUT2D eigenvalue weighted by Crippen LogP contribution is 2.17. The van der Waals surface area contributed by atoms with E-state index in [4.69, 9.17) is 0 Å². The largest absolute Gasteiger partial charge is 0.320 e. The summed E-state index contributed by atoms with van der Waals surface area (Å²) in [6, 6.07) is 7.40. The molecule has 98 valence electrons. The second-order valence-electron chi connectivity index (χ2n) is 4.06. The molecule has 7 heteroatoms. The van der Waals surface area contributed by atoms with Crippen molar-refractivity contribution in [3.05, 3.63) is 51.8 Å². The quantitative estimate of drug-likeness (QED) is 0.674. The summed E-state index contributed by atoms with van der Waals surface area (Å²) in [5, 5.41) is 17.2. The van der Waals surface area contributed by atoms with Gasteiger partial charge in [-0.1, -0.05) is 6.07 Å². The standard InChI is InChI=1S/C12H12N4O3/c1-8-6-11(14-15(8)2)12(17)13-9-4-3-5-10(7-9)16(18)19/h3-7H,1-2H3,(H,13,17). The summed E-state index contributed by atoms with van der Waals surface area (Å²) in [7, 11) is 1.74. The Bertz CT molecular complexity index is 629. The fourth-order valence-corrected chi connectivity index (χ4v) is 1.56. The average Bonchev–Trinajstić information content (AvgIpc) is 2.70. The first-order valence-electron chi connectivity index (χ1n) is 5.54. The lowest BCUT2D eigenvalue weighted by Gasteiger charge is -2.02. The molecule has 0 saturated carbocycles. The lowest BCUT2D eigenvalue weighted by Crippen LogP contribution is -2.13. The summed E-state index contributed by atoms with van der Waals surface area (Å²) < 4.78 is 1.59. The molecule has 0 aliphatic carbocycles. The minimum Gasteiger partial charge on any atom is -0.320 e. The Hall–Kier alpha value is -2.70. The van der Waals surface area contributed by atoms with Crippen LogP contribution in [0.3, 0.4) is 0 Å². The normalized spacial score (nSPS) is 10.2. The molecule has 1 N–H and O–H groups in total. The van der Waals surface area contributed by atoms with E-state index in [9.17, 15) is 14.9 Å². The van der Waals surface area contributed by atoms with Gasteiger partial charge in [0.05, 0.1) is 4.92 Å². The number of benzene rings is 1. The van der Waals surface area contributed by atoms with Crippen LogP contribution < -0.4 is 5.32 Å². The molecule has 7 nitrogen and oxygen atoms in total. The number of non-ortho nitro benzene ring substituents is 1. The summed E-state index contributed by atoms with van der Waals surface area (Å²) in [4.78, 5) is 22.0. The van der Waals surface area contributed by atoms with Crippen LogP contribution in [0.2, 0.25) is 0 Å². The average molecular weight is 260 g/mol. The summed E-state index contributed by atoms with van der Waals surface area (Å²) in [6.45, 7) is 1.83. The first kappa shape index (κ1) is 12.7. The van der Waals surface area contributed by atoms with Crippen molar-refractivity contribution in [1.29, 1.82) is 0 Å². The molecule has 0 aliphatic rings. The lowest BCUT2D eigenvalue weighted by atomic mass is 10.2. The maximum atomic E-state index is 11.9. The van der Waals surface area contributed by atoms with E-state index >= 15 is 0 Å². The minimum atomic E-state index is -0.513. The van der Waals surface area contributed by atoms with Gasteiger partial charge in [0.25, 0.3) is 11.6 Å². The Labute approximate surface area is 109 Å². The zero-order valence-corrected chi connectivity index (χ0v) is 10.5. The molecule has 0 saturated heterocycles. The van der Waals surface area contributed by atoms with Gasteiger partial charge in [-0.05, 0) is 19.1 Å². The molecule has 0 unspecified atom stereocenters. The second kappa shape index (κ2) is 4.89. The molecule has 2 aromatic rings. The summed E-state index contributed by atoms with van der Waals surface area (Å²) in [5.74, 6) is -0.399. The fraction of sp³-hybridized carbons (Fsp3) is 0.167. The third kappa shape index (κ3) is 2.76. The SMILES string of the molecule is Cc1cc(C(=O)Nc2cccc([N+](=O)[O-])c2)nn1C. The van der Waals surface area contributed by atoms with Crippen LogP contribution in [0.15, 0.2) is 30.3 Å². The first-order valence-corrected chi connectivity index (χ1v) is 5.54. The van der Waals surface area contributed by atoms with Crippen LogP contribution in [-0.4, -0.2) is 20.6 Å². The number of rotatable bonds is 3. The van der Waals surface area contributed by atoms with Crippen molar-refractivity contribution in [3.63, 3.8) is 0 Å². The van der Waals surface area contributed by atoms with Gasteiger partial charge < -0.3 is 5.32 Å². The highest BCUT2D eigenvalue weighted by atomic mass is 16.6. The molecular weight excluding hydrogens is 248 g/mol. The molecule has 1 heterocycles. The van der Waals surface area contributed by atoms with Crippen molar-refractivity contribution < 1.29 is 9.72 Å². The number of hydrogen-bond acceptors (Lipinski definition) is 4. The molecule has 0 bridgehead atoms. The van der Waals surface area contributed by atoms with Gasteiger partial charge in [-0.15, -0.1) is 0 Å². The molecular formula is C12H12N4O3. The Morgan fingerprint density at radius 3 is 2.74 bits per heavy atom. The molecule has 0 fully saturated rings. The van der Waals surface area contributed by atoms with Gasteiger partial charge in [-0.3, -0.25) is 19.6 Å². The van der Waals surface area contributed by atoms with E-state index in [1.54, 1.807) is 23.9 Å². The molecule has 2 rings (SSSR count). The van der Waals surface area contributed by atoms with Crippen molar-refractivity contribution in [2.45, 2.75) is 6.92 Å². The predicted octanol–water partition coefficient (Wildman–Crippen LogP) is 1.89. The van der Waals surface area contributed by atoms with Gasteiger partial charge in [0.2, 0.25) is 0 Å². The monoisotopic (exact) mass is 260 g/mol. The van der Waals surface area contributed by atoms with Crippen molar-refractivity contribution in [3.8, 4) is 0 Å². The molecule has 1 aromatic carbocycles. The highest BCUT2D eigenvalue weighted by Gasteiger charge is 2.12. The minimum absolute atomic E-state index is 0.0741. The van der Waals surface area contributed by atoms with Gasteiger partial charge >= 0.3 is 0 Å². The highest BCUT2D eigenvalue weighted by molar-refractivity contribution is 6.03. The topological polar surface area (TPSA) is 90.1 Å². The van der Waals surface area contributed by atoms with Crippen LogP contribution in [0.5, 0.6) is 0 Å². The number of carbonyl (C=O) groups excluding carboxylic acids is 1. The third-order valence-corrected chi connectivity index (χ3v) is 2.66. The van der Waals surface area contributed by atoms with Gasteiger partial charge in [0.1, 0.15) is 0 Å². The lowest BCUT2D eigenvalue weighted by molar-refractivity contribution is -0.384. The maximum Gasteiger partial charge on any atom is 0.276 e. The van der Waals surface area contributed by atoms with Crippen LogP contribution in [-0.2, 0) is 7.05 Å².